The quantitative estimate of drug-likeness (QED) is 0.216. The van der Waals surface area contributed by atoms with E-state index < -0.39 is 12.2 Å². The summed E-state index contributed by atoms with van der Waals surface area (Å²) >= 11 is 0. The number of hydrogen-bond acceptors (Lipinski definition) is 8. The minimum Gasteiger partial charge on any atom is -0.508 e. The zero-order valence-corrected chi connectivity index (χ0v) is 21.9. The van der Waals surface area contributed by atoms with Crippen LogP contribution >= 0.6 is 0 Å². The number of hydrogen-bond donors (Lipinski definition) is 8. The molecule has 0 aliphatic rings. The lowest BCUT2D eigenvalue weighted by atomic mass is 10.0. The predicted molar refractivity (Wildman–Crippen MR) is 145 cm³/mol. The maximum absolute atomic E-state index is 10.2. The number of nitrogens with one attached hydrogen (secondary N) is 2. The molecule has 8 heteroatoms. The van der Waals surface area contributed by atoms with Crippen LogP contribution in [0.4, 0.5) is 0 Å². The maximum atomic E-state index is 10.2. The van der Waals surface area contributed by atoms with Crippen LogP contribution < -0.4 is 10.6 Å². The van der Waals surface area contributed by atoms with E-state index in [2.05, 4.69) is 10.6 Å². The summed E-state index contributed by atoms with van der Waals surface area (Å²) in [6, 6.07) is 17.7. The minimum atomic E-state index is -0.753. The first kappa shape index (κ1) is 29.9. The maximum Gasteiger partial charge on any atom is 0.119 e. The van der Waals surface area contributed by atoms with Gasteiger partial charge in [0.15, 0.2) is 0 Å². The summed E-state index contributed by atoms with van der Waals surface area (Å²) in [5.41, 5.74) is 2.32. The van der Waals surface area contributed by atoms with Crippen LogP contribution in [-0.2, 0) is 6.42 Å². The molecular weight excluding hydrogens is 472 g/mol. The van der Waals surface area contributed by atoms with Gasteiger partial charge < -0.3 is 41.3 Å². The van der Waals surface area contributed by atoms with Crippen LogP contribution in [0.1, 0.15) is 56.6 Å². The van der Waals surface area contributed by atoms with Crippen molar-refractivity contribution in [3.05, 3.63) is 83.4 Å². The van der Waals surface area contributed by atoms with E-state index in [4.69, 9.17) is 0 Å². The van der Waals surface area contributed by atoms with Crippen molar-refractivity contribution in [2.75, 3.05) is 13.1 Å². The second-order valence-corrected chi connectivity index (χ2v) is 10.1. The fraction of sp³-hybridized carbons (Fsp3) is 0.379. The van der Waals surface area contributed by atoms with Gasteiger partial charge in [-0.25, -0.2) is 0 Å². The van der Waals surface area contributed by atoms with E-state index >= 15 is 0 Å². The Morgan fingerprint density at radius 1 is 0.703 bits per heavy atom. The molecule has 0 spiro atoms. The van der Waals surface area contributed by atoms with E-state index in [1.165, 1.54) is 18.2 Å². The van der Waals surface area contributed by atoms with Gasteiger partial charge in [0.05, 0.1) is 12.2 Å². The van der Waals surface area contributed by atoms with Gasteiger partial charge in [-0.05, 0) is 93.7 Å². The number of rotatable bonds is 9. The van der Waals surface area contributed by atoms with Crippen LogP contribution in [0.3, 0.4) is 0 Å². The predicted octanol–water partition coefficient (Wildman–Crippen LogP) is 3.87. The summed E-state index contributed by atoms with van der Waals surface area (Å²) < 4.78 is 0. The highest BCUT2D eigenvalue weighted by molar-refractivity contribution is 5.37. The van der Waals surface area contributed by atoms with Crippen molar-refractivity contribution in [3.63, 3.8) is 0 Å². The first-order chi connectivity index (χ1) is 17.3. The Morgan fingerprint density at radius 2 is 1.22 bits per heavy atom. The van der Waals surface area contributed by atoms with Gasteiger partial charge in [0.25, 0.3) is 0 Å². The van der Waals surface area contributed by atoms with Gasteiger partial charge in [0.1, 0.15) is 23.0 Å². The molecule has 0 saturated heterocycles. The van der Waals surface area contributed by atoms with Crippen LogP contribution in [0.15, 0.2) is 66.7 Å². The molecule has 0 amide bonds. The molecule has 0 radical (unpaired) electrons. The lowest BCUT2D eigenvalue weighted by Crippen LogP contribution is -2.38. The van der Waals surface area contributed by atoms with Crippen molar-refractivity contribution in [1.82, 2.24) is 10.6 Å². The molecule has 0 aliphatic heterocycles. The van der Waals surface area contributed by atoms with Crippen molar-refractivity contribution in [3.8, 4) is 23.0 Å². The normalized spacial score (nSPS) is 13.8. The van der Waals surface area contributed by atoms with Crippen LogP contribution in [0.25, 0.3) is 0 Å². The van der Waals surface area contributed by atoms with Crippen LogP contribution in [0, 0.1) is 0 Å². The second-order valence-electron chi connectivity index (χ2n) is 10.1. The van der Waals surface area contributed by atoms with Crippen molar-refractivity contribution in [1.29, 1.82) is 0 Å². The third kappa shape index (κ3) is 11.1. The number of aromatic hydroxyl groups is 4. The van der Waals surface area contributed by atoms with Gasteiger partial charge in [-0.2, -0.15) is 0 Å². The third-order valence-electron chi connectivity index (χ3n) is 5.66. The van der Waals surface area contributed by atoms with E-state index in [0.717, 1.165) is 24.1 Å². The number of phenolic OH excluding ortho intramolecular Hbond substituents is 4. The fourth-order valence-corrected chi connectivity index (χ4v) is 3.51. The molecule has 0 aliphatic carbocycles. The van der Waals surface area contributed by atoms with Gasteiger partial charge in [0.2, 0.25) is 0 Å². The topological polar surface area (TPSA) is 145 Å². The molecule has 8 N–H and O–H groups in total. The van der Waals surface area contributed by atoms with Gasteiger partial charge in [-0.15, -0.1) is 0 Å². The van der Waals surface area contributed by atoms with Crippen LogP contribution in [0.2, 0.25) is 0 Å². The average molecular weight is 513 g/mol. The first-order valence-electron chi connectivity index (χ1n) is 12.3. The summed E-state index contributed by atoms with van der Waals surface area (Å²) in [6.07, 6.45) is -0.546. The molecule has 0 saturated carbocycles. The lowest BCUT2D eigenvalue weighted by Gasteiger charge is -2.23. The van der Waals surface area contributed by atoms with Crippen LogP contribution in [-0.4, -0.2) is 55.3 Å². The SMILES string of the molecule is CC(C)(C)NCC(O)c1cc(O)cc(O)c1.C[C@H](NCCc1ccc(O)cc1)[C@H](O)c1ccc(O)cc1. The Morgan fingerprint density at radius 3 is 1.73 bits per heavy atom. The zero-order valence-electron chi connectivity index (χ0n) is 21.9. The zero-order chi connectivity index (χ0) is 27.6. The Hall–Kier alpha value is -3.30. The van der Waals surface area contributed by atoms with E-state index in [1.54, 1.807) is 36.4 Å². The largest absolute Gasteiger partial charge is 0.508 e. The highest BCUT2D eigenvalue weighted by Gasteiger charge is 2.16. The second kappa shape index (κ2) is 13.9. The van der Waals surface area contributed by atoms with E-state index in [9.17, 15) is 30.6 Å². The summed E-state index contributed by atoms with van der Waals surface area (Å²) in [5, 5.41) is 63.5. The Kier molecular flexibility index (Phi) is 11.2. The molecule has 0 heterocycles. The number of aliphatic hydroxyl groups is 2. The molecule has 1 unspecified atom stereocenters. The Labute approximate surface area is 218 Å². The number of aliphatic hydroxyl groups excluding tert-OH is 2. The van der Waals surface area contributed by atoms with E-state index in [-0.39, 0.29) is 34.6 Å². The van der Waals surface area contributed by atoms with Gasteiger partial charge in [-0.1, -0.05) is 24.3 Å². The molecule has 0 aromatic heterocycles. The molecule has 0 fully saturated rings. The monoisotopic (exact) mass is 512 g/mol. The lowest BCUT2D eigenvalue weighted by molar-refractivity contribution is 0.136. The molecular formula is C29H40N2O6. The van der Waals surface area contributed by atoms with Gasteiger partial charge >= 0.3 is 0 Å². The molecule has 3 aromatic carbocycles. The number of β-amino-alcohol motifs (C(OH)–C–C–N with tert-alkyl or cyclic N) is 1. The highest BCUT2D eigenvalue weighted by Crippen LogP contribution is 2.25. The minimum absolute atomic E-state index is 0.0511. The molecule has 3 atom stereocenters. The van der Waals surface area contributed by atoms with Crippen molar-refractivity contribution in [2.45, 2.75) is 57.9 Å². The number of phenols is 4. The molecule has 8 nitrogen and oxygen atoms in total. The first-order valence-corrected chi connectivity index (χ1v) is 12.3. The average Bonchev–Trinajstić information content (AvgIpc) is 2.83. The number of benzene rings is 3. The van der Waals surface area contributed by atoms with E-state index in [1.807, 2.05) is 39.8 Å². The van der Waals surface area contributed by atoms with Gasteiger partial charge in [-0.3, -0.25) is 0 Å². The van der Waals surface area contributed by atoms with Crippen molar-refractivity contribution < 1.29 is 30.6 Å². The molecule has 37 heavy (non-hydrogen) atoms. The van der Waals surface area contributed by atoms with Crippen molar-refractivity contribution >= 4 is 0 Å². The Balaban J connectivity index is 0.000000271. The summed E-state index contributed by atoms with van der Waals surface area (Å²) in [6.45, 7) is 9.03. The smallest absolute Gasteiger partial charge is 0.119 e. The summed E-state index contributed by atoms with van der Waals surface area (Å²) in [5.74, 6) is 0.358. The molecule has 3 aromatic rings. The van der Waals surface area contributed by atoms with Crippen LogP contribution in [0.5, 0.6) is 23.0 Å². The van der Waals surface area contributed by atoms with E-state index in [0.29, 0.717) is 12.1 Å². The molecule has 3 rings (SSSR count). The summed E-state index contributed by atoms with van der Waals surface area (Å²) in [7, 11) is 0. The van der Waals surface area contributed by atoms with Gasteiger partial charge in [0, 0.05) is 24.2 Å². The molecule has 0 bridgehead atoms. The summed E-state index contributed by atoms with van der Waals surface area (Å²) in [4.78, 5) is 0. The highest BCUT2D eigenvalue weighted by atomic mass is 16.3. The standard InChI is InChI=1S/C17H21NO3.C12H19NO3/c1-12(17(21)14-4-8-16(20)9-5-14)18-11-10-13-2-6-15(19)7-3-13;1-12(2,3)13-7-11(16)8-4-9(14)6-10(15)5-8/h2-9,12,17-21H,10-11H2,1H3;4-6,11,13-16H,7H2,1-3H3/t12-,17-;/m0./s1. The fourth-order valence-electron chi connectivity index (χ4n) is 3.51. The Bertz CT molecular complexity index is 1060. The van der Waals surface area contributed by atoms with Crippen molar-refractivity contribution in [2.24, 2.45) is 0 Å². The third-order valence-corrected chi connectivity index (χ3v) is 5.66. The molecule has 202 valence electrons.